The minimum Gasteiger partial charge on any atom is -0.468 e. The van der Waals surface area contributed by atoms with E-state index in [2.05, 4.69) is 0 Å². The predicted octanol–water partition coefficient (Wildman–Crippen LogP) is 2.66. The van der Waals surface area contributed by atoms with E-state index in [-0.39, 0.29) is 18.8 Å². The average Bonchev–Trinajstić information content (AvgIpc) is 3.09. The monoisotopic (exact) mass is 397 g/mol. The SMILES string of the molecule is Cc1ccc(C)c(S(=O)(=O)N2CCC(S(=O)(=O)Cc3ccco3)CC2)c1. The third-order valence-electron chi connectivity index (χ3n) is 4.79. The molecule has 0 spiro atoms. The van der Waals surface area contributed by atoms with Crippen molar-refractivity contribution in [1.82, 2.24) is 4.31 Å². The summed E-state index contributed by atoms with van der Waals surface area (Å²) in [5.74, 6) is 0.268. The molecule has 0 bridgehead atoms. The average molecular weight is 398 g/mol. The standard InChI is InChI=1S/C18H23NO5S2/c1-14-5-6-15(2)18(12-14)26(22,23)19-9-7-17(8-10-19)25(20,21)13-16-4-3-11-24-16/h3-6,11-12,17H,7-10,13H2,1-2H3. The Labute approximate surface area is 154 Å². The Morgan fingerprint density at radius 1 is 1.08 bits per heavy atom. The van der Waals surface area contributed by atoms with Crippen molar-refractivity contribution < 1.29 is 21.3 Å². The van der Waals surface area contributed by atoms with Crippen LogP contribution in [0.15, 0.2) is 45.9 Å². The normalized spacial score (nSPS) is 17.5. The van der Waals surface area contributed by atoms with Crippen LogP contribution >= 0.6 is 0 Å². The van der Waals surface area contributed by atoms with Gasteiger partial charge >= 0.3 is 0 Å². The Bertz CT molecular complexity index is 971. The summed E-state index contributed by atoms with van der Waals surface area (Å²) in [4.78, 5) is 0.300. The van der Waals surface area contributed by atoms with Crippen LogP contribution in [-0.2, 0) is 25.6 Å². The van der Waals surface area contributed by atoms with Crippen molar-refractivity contribution in [1.29, 1.82) is 0 Å². The molecule has 1 fully saturated rings. The highest BCUT2D eigenvalue weighted by atomic mass is 32.2. The lowest BCUT2D eigenvalue weighted by Crippen LogP contribution is -2.42. The number of nitrogens with zero attached hydrogens (tertiary/aromatic N) is 1. The van der Waals surface area contributed by atoms with Crippen LogP contribution in [0.1, 0.15) is 29.7 Å². The van der Waals surface area contributed by atoms with Crippen LogP contribution in [0, 0.1) is 13.8 Å². The highest BCUT2D eigenvalue weighted by molar-refractivity contribution is 7.91. The molecule has 0 atom stereocenters. The van der Waals surface area contributed by atoms with Gasteiger partial charge in [0.1, 0.15) is 11.5 Å². The molecule has 0 saturated carbocycles. The lowest BCUT2D eigenvalue weighted by atomic mass is 10.2. The molecule has 1 aliphatic rings. The Hall–Kier alpha value is -1.64. The van der Waals surface area contributed by atoms with Gasteiger partial charge in [-0.15, -0.1) is 0 Å². The van der Waals surface area contributed by atoms with Crippen molar-refractivity contribution in [2.45, 2.75) is 42.6 Å². The van der Waals surface area contributed by atoms with Gasteiger partial charge in [-0.2, -0.15) is 4.31 Å². The largest absolute Gasteiger partial charge is 0.468 e. The van der Waals surface area contributed by atoms with E-state index in [0.29, 0.717) is 29.1 Å². The number of sulfone groups is 1. The van der Waals surface area contributed by atoms with Crippen LogP contribution in [0.4, 0.5) is 0 Å². The molecule has 1 aromatic carbocycles. The number of furan rings is 1. The number of hydrogen-bond donors (Lipinski definition) is 0. The number of hydrogen-bond acceptors (Lipinski definition) is 5. The molecule has 2 heterocycles. The van der Waals surface area contributed by atoms with Crippen LogP contribution in [0.3, 0.4) is 0 Å². The summed E-state index contributed by atoms with van der Waals surface area (Å²) in [6, 6.07) is 8.64. The molecule has 0 amide bonds. The topological polar surface area (TPSA) is 84.7 Å². The van der Waals surface area contributed by atoms with Crippen molar-refractivity contribution in [3.8, 4) is 0 Å². The Kier molecular flexibility index (Phi) is 5.28. The molecule has 0 radical (unpaired) electrons. The van der Waals surface area contributed by atoms with E-state index in [1.807, 2.05) is 13.0 Å². The van der Waals surface area contributed by atoms with E-state index in [1.54, 1.807) is 31.2 Å². The van der Waals surface area contributed by atoms with E-state index in [9.17, 15) is 16.8 Å². The molecule has 26 heavy (non-hydrogen) atoms. The molecule has 8 heteroatoms. The lowest BCUT2D eigenvalue weighted by molar-refractivity contribution is 0.345. The highest BCUT2D eigenvalue weighted by Crippen LogP contribution is 2.27. The molecule has 3 rings (SSSR count). The number of benzene rings is 1. The molecular weight excluding hydrogens is 374 g/mol. The first kappa shape index (κ1) is 19.1. The molecule has 1 saturated heterocycles. The summed E-state index contributed by atoms with van der Waals surface area (Å²) in [7, 11) is -6.98. The van der Waals surface area contributed by atoms with Gasteiger partial charge < -0.3 is 4.42 Å². The fourth-order valence-electron chi connectivity index (χ4n) is 3.27. The van der Waals surface area contributed by atoms with Crippen LogP contribution in [0.2, 0.25) is 0 Å². The smallest absolute Gasteiger partial charge is 0.243 e. The van der Waals surface area contributed by atoms with Crippen molar-refractivity contribution in [2.75, 3.05) is 13.1 Å². The summed E-state index contributed by atoms with van der Waals surface area (Å²) in [5.41, 5.74) is 1.58. The molecule has 6 nitrogen and oxygen atoms in total. The summed E-state index contributed by atoms with van der Waals surface area (Å²) < 4.78 is 57.5. The van der Waals surface area contributed by atoms with E-state index in [4.69, 9.17) is 4.42 Å². The van der Waals surface area contributed by atoms with E-state index in [1.165, 1.54) is 10.6 Å². The molecule has 0 N–H and O–H groups in total. The zero-order chi connectivity index (χ0) is 18.9. The molecule has 1 aromatic heterocycles. The van der Waals surface area contributed by atoms with Gasteiger partial charge in [-0.05, 0) is 56.0 Å². The second kappa shape index (κ2) is 7.17. The molecule has 0 aliphatic carbocycles. The van der Waals surface area contributed by atoms with Crippen molar-refractivity contribution in [3.05, 3.63) is 53.5 Å². The number of rotatable bonds is 5. The Balaban J connectivity index is 1.72. The van der Waals surface area contributed by atoms with Gasteiger partial charge in [0.2, 0.25) is 10.0 Å². The number of aryl methyl sites for hydroxylation is 2. The first-order valence-corrected chi connectivity index (χ1v) is 11.7. The predicted molar refractivity (Wildman–Crippen MR) is 99.0 cm³/mol. The molecule has 142 valence electrons. The van der Waals surface area contributed by atoms with Crippen LogP contribution in [-0.4, -0.2) is 39.5 Å². The number of sulfonamides is 1. The molecule has 0 unspecified atom stereocenters. The lowest BCUT2D eigenvalue weighted by Gasteiger charge is -2.31. The zero-order valence-electron chi connectivity index (χ0n) is 14.9. The third kappa shape index (κ3) is 3.87. The second-order valence-electron chi connectivity index (χ2n) is 6.76. The summed E-state index contributed by atoms with van der Waals surface area (Å²) in [6.45, 7) is 4.04. The minimum atomic E-state index is -3.61. The van der Waals surface area contributed by atoms with Gasteiger partial charge in [0.25, 0.3) is 0 Å². The summed E-state index contributed by atoms with van der Waals surface area (Å²) >= 11 is 0. The van der Waals surface area contributed by atoms with Crippen LogP contribution in [0.5, 0.6) is 0 Å². The van der Waals surface area contributed by atoms with Crippen molar-refractivity contribution >= 4 is 19.9 Å². The Morgan fingerprint density at radius 3 is 2.38 bits per heavy atom. The van der Waals surface area contributed by atoms with Crippen LogP contribution < -0.4 is 0 Å². The number of piperidine rings is 1. The zero-order valence-corrected chi connectivity index (χ0v) is 16.5. The van der Waals surface area contributed by atoms with Gasteiger partial charge in [-0.1, -0.05) is 12.1 Å². The minimum absolute atomic E-state index is 0.144. The van der Waals surface area contributed by atoms with Gasteiger partial charge in [-0.3, -0.25) is 0 Å². The van der Waals surface area contributed by atoms with E-state index in [0.717, 1.165) is 5.56 Å². The maximum absolute atomic E-state index is 12.9. The fourth-order valence-corrected chi connectivity index (χ4v) is 6.77. The van der Waals surface area contributed by atoms with Gasteiger partial charge in [0.15, 0.2) is 9.84 Å². The van der Waals surface area contributed by atoms with Crippen molar-refractivity contribution in [3.63, 3.8) is 0 Å². The van der Waals surface area contributed by atoms with E-state index < -0.39 is 25.1 Å². The Morgan fingerprint density at radius 2 is 1.77 bits per heavy atom. The van der Waals surface area contributed by atoms with Gasteiger partial charge in [-0.25, -0.2) is 16.8 Å². The summed E-state index contributed by atoms with van der Waals surface area (Å²) in [6.07, 6.45) is 2.05. The first-order chi connectivity index (χ1) is 12.2. The highest BCUT2D eigenvalue weighted by Gasteiger charge is 2.35. The maximum atomic E-state index is 12.9. The van der Waals surface area contributed by atoms with Crippen molar-refractivity contribution in [2.24, 2.45) is 0 Å². The van der Waals surface area contributed by atoms with Gasteiger partial charge in [0, 0.05) is 13.1 Å². The van der Waals surface area contributed by atoms with Crippen LogP contribution in [0.25, 0.3) is 0 Å². The fraction of sp³-hybridized carbons (Fsp3) is 0.444. The third-order valence-corrected chi connectivity index (χ3v) is 9.01. The summed E-state index contributed by atoms with van der Waals surface area (Å²) in [5, 5.41) is -0.544. The molecule has 1 aliphatic heterocycles. The van der Waals surface area contributed by atoms with Gasteiger partial charge in [0.05, 0.1) is 16.4 Å². The molecular formula is C18H23NO5S2. The maximum Gasteiger partial charge on any atom is 0.243 e. The quantitative estimate of drug-likeness (QED) is 0.774. The van der Waals surface area contributed by atoms with E-state index >= 15 is 0 Å². The second-order valence-corrected chi connectivity index (χ2v) is 10.9. The molecule has 2 aromatic rings. The first-order valence-electron chi connectivity index (χ1n) is 8.51.